The molecule has 0 aromatic rings. The molecule has 2 atom stereocenters. The summed E-state index contributed by atoms with van der Waals surface area (Å²) in [6, 6.07) is 0. The minimum Gasteiger partial charge on any atom is -0.393 e. The molecule has 0 fully saturated rings. The number of aliphatic hydroxyl groups excluding tert-OH is 2. The van der Waals surface area contributed by atoms with Gasteiger partial charge in [0.2, 0.25) is 0 Å². The fourth-order valence-corrected chi connectivity index (χ4v) is 1.48. The fourth-order valence-electron chi connectivity index (χ4n) is 1.48. The largest absolute Gasteiger partial charge is 0.393 e. The van der Waals surface area contributed by atoms with Crippen molar-refractivity contribution >= 4 is 0 Å². The van der Waals surface area contributed by atoms with Gasteiger partial charge in [-0.1, -0.05) is 59.8 Å². The molecular weight excluding hydrogens is 212 g/mol. The number of unbranched alkanes of at least 4 members (excludes halogenated alkanes) is 3. The highest BCUT2D eigenvalue weighted by Crippen LogP contribution is 2.04. The van der Waals surface area contributed by atoms with E-state index in [1.807, 2.05) is 13.8 Å². The Kier molecular flexibility index (Phi) is 18.0. The molecule has 0 aliphatic heterocycles. The Balaban J connectivity index is 0. The van der Waals surface area contributed by atoms with Crippen molar-refractivity contribution in [3.8, 4) is 0 Å². The smallest absolute Gasteiger partial charge is 0.0537 e. The van der Waals surface area contributed by atoms with E-state index in [1.54, 1.807) is 0 Å². The summed E-state index contributed by atoms with van der Waals surface area (Å²) in [7, 11) is 0. The molecule has 17 heavy (non-hydrogen) atoms. The first kappa shape index (κ1) is 19.3. The van der Waals surface area contributed by atoms with E-state index < -0.39 is 0 Å². The summed E-state index contributed by atoms with van der Waals surface area (Å²) in [5, 5.41) is 18.1. The predicted molar refractivity (Wildman–Crippen MR) is 76.3 cm³/mol. The third-order valence-corrected chi connectivity index (χ3v) is 2.97. The van der Waals surface area contributed by atoms with Gasteiger partial charge in [-0.25, -0.2) is 0 Å². The van der Waals surface area contributed by atoms with Gasteiger partial charge in [-0.05, 0) is 25.7 Å². The van der Waals surface area contributed by atoms with Crippen LogP contribution in [0.4, 0.5) is 0 Å². The summed E-state index contributed by atoms with van der Waals surface area (Å²) >= 11 is 0. The monoisotopic (exact) mass is 246 g/mol. The minimum atomic E-state index is -0.0463. The van der Waals surface area contributed by atoms with Gasteiger partial charge >= 0.3 is 0 Å². The maximum absolute atomic E-state index is 9.08. The Labute approximate surface area is 108 Å². The Hall–Kier alpha value is -0.0800. The normalized spacial score (nSPS) is 13.8. The van der Waals surface area contributed by atoms with Crippen molar-refractivity contribution < 1.29 is 10.2 Å². The van der Waals surface area contributed by atoms with Gasteiger partial charge in [0, 0.05) is 0 Å². The van der Waals surface area contributed by atoms with E-state index >= 15 is 0 Å². The number of hydrogen-bond acceptors (Lipinski definition) is 2. The van der Waals surface area contributed by atoms with Gasteiger partial charge in [0.1, 0.15) is 0 Å². The van der Waals surface area contributed by atoms with E-state index in [0.717, 1.165) is 32.1 Å². The number of aliphatic hydroxyl groups is 2. The topological polar surface area (TPSA) is 40.5 Å². The molecule has 0 aliphatic carbocycles. The van der Waals surface area contributed by atoms with E-state index in [-0.39, 0.29) is 12.2 Å². The van der Waals surface area contributed by atoms with Crippen molar-refractivity contribution in [1.82, 2.24) is 0 Å². The second kappa shape index (κ2) is 15.9. The molecule has 0 heterocycles. The molecule has 0 spiro atoms. The van der Waals surface area contributed by atoms with E-state index in [4.69, 9.17) is 10.2 Å². The van der Waals surface area contributed by atoms with Crippen molar-refractivity contribution in [2.24, 2.45) is 0 Å². The van der Waals surface area contributed by atoms with E-state index in [1.165, 1.54) is 25.7 Å². The summed E-state index contributed by atoms with van der Waals surface area (Å²) in [6.45, 7) is 8.36. The van der Waals surface area contributed by atoms with Crippen molar-refractivity contribution in [2.75, 3.05) is 0 Å². The average molecular weight is 246 g/mol. The molecule has 2 heteroatoms. The first-order chi connectivity index (χ1) is 8.12. The molecule has 0 saturated heterocycles. The van der Waals surface area contributed by atoms with Crippen LogP contribution in [-0.4, -0.2) is 22.4 Å². The zero-order valence-corrected chi connectivity index (χ0v) is 12.4. The van der Waals surface area contributed by atoms with E-state index in [9.17, 15) is 0 Å². The van der Waals surface area contributed by atoms with Crippen molar-refractivity contribution in [3.63, 3.8) is 0 Å². The Morgan fingerprint density at radius 1 is 0.647 bits per heavy atom. The lowest BCUT2D eigenvalue weighted by Crippen LogP contribution is -2.02. The first-order valence-electron chi connectivity index (χ1n) is 7.48. The van der Waals surface area contributed by atoms with Gasteiger partial charge in [-0.3, -0.25) is 0 Å². The van der Waals surface area contributed by atoms with Crippen molar-refractivity contribution in [2.45, 2.75) is 97.7 Å². The van der Waals surface area contributed by atoms with Crippen LogP contribution in [0.1, 0.15) is 85.5 Å². The van der Waals surface area contributed by atoms with Crippen LogP contribution in [0.2, 0.25) is 0 Å². The molecule has 0 aromatic heterocycles. The van der Waals surface area contributed by atoms with Crippen LogP contribution >= 0.6 is 0 Å². The van der Waals surface area contributed by atoms with Crippen LogP contribution in [0, 0.1) is 0 Å². The maximum Gasteiger partial charge on any atom is 0.0537 e. The zero-order valence-electron chi connectivity index (χ0n) is 12.4. The molecule has 0 amide bonds. The molecule has 2 nitrogen and oxygen atoms in total. The second-order valence-electron chi connectivity index (χ2n) is 4.76. The number of hydrogen-bond donors (Lipinski definition) is 2. The maximum atomic E-state index is 9.08. The third-order valence-electron chi connectivity index (χ3n) is 2.97. The molecule has 0 aliphatic rings. The van der Waals surface area contributed by atoms with Gasteiger partial charge < -0.3 is 10.2 Å². The highest BCUT2D eigenvalue weighted by atomic mass is 16.3. The molecule has 0 aromatic carbocycles. The lowest BCUT2D eigenvalue weighted by atomic mass is 10.1. The molecule has 0 rings (SSSR count). The standard InChI is InChI=1S/C8H18O.C7H16O/c1-3-5-6-7-8(9)4-2;1-3-5-6-7(8)4-2/h8-9H,3-7H2,1-2H3;7-8H,3-6H2,1-2H3. The summed E-state index contributed by atoms with van der Waals surface area (Å²) in [5.41, 5.74) is 0. The summed E-state index contributed by atoms with van der Waals surface area (Å²) in [5.74, 6) is 0. The van der Waals surface area contributed by atoms with Gasteiger partial charge in [-0.15, -0.1) is 0 Å². The Morgan fingerprint density at radius 2 is 1.06 bits per heavy atom. The highest BCUT2D eigenvalue weighted by Gasteiger charge is 1.97. The van der Waals surface area contributed by atoms with Crippen LogP contribution in [0.5, 0.6) is 0 Å². The lowest BCUT2D eigenvalue weighted by molar-refractivity contribution is 0.156. The fraction of sp³-hybridized carbons (Fsp3) is 1.00. The van der Waals surface area contributed by atoms with Gasteiger partial charge in [0.25, 0.3) is 0 Å². The Morgan fingerprint density at radius 3 is 1.41 bits per heavy atom. The molecule has 0 radical (unpaired) electrons. The highest BCUT2D eigenvalue weighted by molar-refractivity contribution is 4.51. The van der Waals surface area contributed by atoms with Crippen LogP contribution < -0.4 is 0 Å². The Bertz CT molecular complexity index is 126. The molecular formula is C15H34O2. The number of rotatable bonds is 9. The third kappa shape index (κ3) is 18.5. The van der Waals surface area contributed by atoms with Crippen LogP contribution in [-0.2, 0) is 0 Å². The van der Waals surface area contributed by atoms with Gasteiger partial charge in [0.15, 0.2) is 0 Å². The van der Waals surface area contributed by atoms with E-state index in [0.29, 0.717) is 0 Å². The van der Waals surface area contributed by atoms with Crippen LogP contribution in [0.3, 0.4) is 0 Å². The lowest BCUT2D eigenvalue weighted by Gasteiger charge is -2.04. The van der Waals surface area contributed by atoms with Gasteiger partial charge in [0.05, 0.1) is 12.2 Å². The molecule has 0 saturated carbocycles. The quantitative estimate of drug-likeness (QED) is 0.596. The van der Waals surface area contributed by atoms with Crippen LogP contribution in [0.15, 0.2) is 0 Å². The summed E-state index contributed by atoms with van der Waals surface area (Å²) in [4.78, 5) is 0. The average Bonchev–Trinajstić information content (AvgIpc) is 2.36. The van der Waals surface area contributed by atoms with Gasteiger partial charge in [-0.2, -0.15) is 0 Å². The summed E-state index contributed by atoms with van der Waals surface area (Å²) < 4.78 is 0. The molecule has 0 bridgehead atoms. The summed E-state index contributed by atoms with van der Waals surface area (Å²) in [6.07, 6.45) is 9.73. The zero-order chi connectivity index (χ0) is 13.5. The second-order valence-corrected chi connectivity index (χ2v) is 4.76. The predicted octanol–water partition coefficient (Wildman–Crippen LogP) is 4.29. The van der Waals surface area contributed by atoms with Crippen LogP contribution in [0.25, 0.3) is 0 Å². The molecule has 2 unspecified atom stereocenters. The molecule has 2 N–H and O–H groups in total. The minimum absolute atomic E-state index is 0.0449. The van der Waals surface area contributed by atoms with E-state index in [2.05, 4.69) is 13.8 Å². The van der Waals surface area contributed by atoms with Crippen molar-refractivity contribution in [3.05, 3.63) is 0 Å². The SMILES string of the molecule is CCCCC(O)CC.CCCCCC(O)CC. The first-order valence-corrected chi connectivity index (χ1v) is 7.48. The van der Waals surface area contributed by atoms with Crippen molar-refractivity contribution in [1.29, 1.82) is 0 Å². The molecule has 106 valence electrons.